The molecule has 0 aliphatic rings. The summed E-state index contributed by atoms with van der Waals surface area (Å²) in [6, 6.07) is 26.1. The fraction of sp³-hybridized carbons (Fsp3) is 0.405. The van der Waals surface area contributed by atoms with Crippen LogP contribution in [0.2, 0.25) is 0 Å². The summed E-state index contributed by atoms with van der Waals surface area (Å²) in [4.78, 5) is 21.7. The van der Waals surface area contributed by atoms with Gasteiger partial charge in [-0.3, -0.25) is 0 Å². The molecule has 5 rings (SSSR count). The van der Waals surface area contributed by atoms with Crippen molar-refractivity contribution in [3.63, 3.8) is 0 Å². The first kappa shape index (κ1) is 39.0. The third-order valence-electron chi connectivity index (χ3n) is 8.61. The Balaban J connectivity index is 0.000000274. The van der Waals surface area contributed by atoms with E-state index in [4.69, 9.17) is 19.8 Å². The number of hydrogen-bond acceptors (Lipinski definition) is 5. The van der Waals surface area contributed by atoms with Crippen molar-refractivity contribution in [2.45, 2.75) is 88.5 Å². The summed E-state index contributed by atoms with van der Waals surface area (Å²) in [5.74, 6) is 2.53. The van der Waals surface area contributed by atoms with Crippen LogP contribution in [0.15, 0.2) is 78.9 Å². The van der Waals surface area contributed by atoms with Crippen molar-refractivity contribution in [3.8, 4) is 11.6 Å². The van der Waals surface area contributed by atoms with E-state index in [1.54, 1.807) is 12.1 Å². The van der Waals surface area contributed by atoms with E-state index < -0.39 is 0 Å². The highest BCUT2D eigenvalue weighted by atomic mass is 16.5. The second-order valence-corrected chi connectivity index (χ2v) is 13.3. The Labute approximate surface area is 294 Å². The predicted octanol–water partition coefficient (Wildman–Crippen LogP) is 9.22. The zero-order valence-corrected chi connectivity index (χ0v) is 30.0. The summed E-state index contributed by atoms with van der Waals surface area (Å²) in [5.41, 5.74) is 9.98. The highest BCUT2D eigenvalue weighted by Crippen LogP contribution is 2.20. The zero-order chi connectivity index (χ0) is 34.8. The summed E-state index contributed by atoms with van der Waals surface area (Å²) in [6.07, 6.45) is 3.41. The zero-order valence-electron chi connectivity index (χ0n) is 30.0. The minimum Gasteiger partial charge on any atom is -0.462 e. The number of carbonyl (C=O) groups is 1. The Morgan fingerprint density at radius 1 is 0.673 bits per heavy atom. The van der Waals surface area contributed by atoms with Crippen LogP contribution in [0, 0.1) is 53.4 Å². The summed E-state index contributed by atoms with van der Waals surface area (Å²) in [5, 5.41) is 9.02. The molecule has 4 aromatic heterocycles. The maximum Gasteiger partial charge on any atom is 0.338 e. The number of aliphatic hydroxyl groups is 1. The van der Waals surface area contributed by atoms with E-state index in [9.17, 15) is 4.79 Å². The Kier molecular flexibility index (Phi) is 14.6. The van der Waals surface area contributed by atoms with Gasteiger partial charge in [-0.05, 0) is 151 Å². The molecule has 0 radical (unpaired) electrons. The second-order valence-electron chi connectivity index (χ2n) is 13.3. The minimum atomic E-state index is -0.262. The van der Waals surface area contributed by atoms with E-state index in [1.165, 1.54) is 33.9 Å². The van der Waals surface area contributed by atoms with Crippen LogP contribution in [0.5, 0.6) is 0 Å². The van der Waals surface area contributed by atoms with E-state index in [-0.39, 0.29) is 20.0 Å². The summed E-state index contributed by atoms with van der Waals surface area (Å²) < 4.78 is 9.78. The molecule has 7 heteroatoms. The smallest absolute Gasteiger partial charge is 0.338 e. The van der Waals surface area contributed by atoms with E-state index in [2.05, 4.69) is 113 Å². The molecule has 0 aliphatic heterocycles. The third-order valence-corrected chi connectivity index (χ3v) is 8.61. The number of carbonyl (C=O) groups excluding carboxylic acids is 1. The van der Waals surface area contributed by atoms with Gasteiger partial charge in [-0.25, -0.2) is 14.8 Å². The van der Waals surface area contributed by atoms with Crippen LogP contribution < -0.4 is 0 Å². The van der Waals surface area contributed by atoms with E-state index in [1.807, 2.05) is 18.2 Å². The molecule has 0 saturated carbocycles. The fourth-order valence-electron chi connectivity index (χ4n) is 6.09. The van der Waals surface area contributed by atoms with Crippen LogP contribution in [0.25, 0.3) is 11.6 Å². The van der Waals surface area contributed by atoms with Gasteiger partial charge < -0.3 is 19.0 Å². The molecule has 49 heavy (non-hydrogen) atoms. The number of benzene rings is 1. The first-order chi connectivity index (χ1) is 22.9. The van der Waals surface area contributed by atoms with Gasteiger partial charge in [0.25, 0.3) is 0 Å². The SMILES string of the molecule is C.Cc1cc(CC(C)CCO)nc(-n2c(C)ccc2C)c1.Cc1cc(CC(C)CCOC(=O)c2ccccc2)nc(-n2c(C)ccc2C)c1. The highest BCUT2D eigenvalue weighted by Gasteiger charge is 2.13. The van der Waals surface area contributed by atoms with Crippen LogP contribution in [0.1, 0.15) is 89.8 Å². The first-order valence-electron chi connectivity index (χ1n) is 17.0. The van der Waals surface area contributed by atoms with Crippen LogP contribution in [0.4, 0.5) is 0 Å². The molecular weight excluding hydrogens is 608 g/mol. The van der Waals surface area contributed by atoms with E-state index in [0.29, 0.717) is 24.0 Å². The number of pyridine rings is 2. The largest absolute Gasteiger partial charge is 0.462 e. The second kappa shape index (κ2) is 18.3. The van der Waals surface area contributed by atoms with Gasteiger partial charge in [0.05, 0.1) is 12.2 Å². The molecule has 0 aliphatic carbocycles. The Hall–Kier alpha value is -4.49. The van der Waals surface area contributed by atoms with Gasteiger partial charge in [-0.1, -0.05) is 39.5 Å². The van der Waals surface area contributed by atoms with Crippen LogP contribution in [-0.2, 0) is 17.6 Å². The molecule has 2 unspecified atom stereocenters. The lowest BCUT2D eigenvalue weighted by Crippen LogP contribution is -2.11. The fourth-order valence-corrected chi connectivity index (χ4v) is 6.09. The number of nitrogens with zero attached hydrogens (tertiary/aromatic N) is 4. The number of esters is 1. The monoisotopic (exact) mass is 664 g/mol. The minimum absolute atomic E-state index is 0. The number of aromatic nitrogens is 4. The molecule has 262 valence electrons. The lowest BCUT2D eigenvalue weighted by Gasteiger charge is -2.15. The van der Waals surface area contributed by atoms with Crippen molar-refractivity contribution < 1.29 is 14.6 Å². The molecule has 7 nitrogen and oxygen atoms in total. The van der Waals surface area contributed by atoms with Gasteiger partial charge >= 0.3 is 5.97 Å². The lowest BCUT2D eigenvalue weighted by atomic mass is 10.0. The van der Waals surface area contributed by atoms with Gasteiger partial charge in [0.15, 0.2) is 0 Å². The number of rotatable bonds is 12. The number of ether oxygens (including phenoxy) is 1. The van der Waals surface area contributed by atoms with Crippen molar-refractivity contribution in [1.29, 1.82) is 0 Å². The standard InChI is InChI=1S/C24H28N2O2.C17H24N2O.CH4/c1-17(12-13-28-24(27)21-8-6-5-7-9-21)14-22-15-18(2)16-23(25-22)26-19(3)10-11-20(26)4;1-12(7-8-20)9-16-10-13(2)11-17(18-16)19-14(3)5-6-15(19)4;/h5-11,15-17H,12-14H2,1-4H3;5-6,10-12,20H,7-9H2,1-4H3;1H4. The summed E-state index contributed by atoms with van der Waals surface area (Å²) >= 11 is 0. The van der Waals surface area contributed by atoms with Gasteiger partial charge in [-0.15, -0.1) is 0 Å². The van der Waals surface area contributed by atoms with Gasteiger partial charge in [0, 0.05) is 40.8 Å². The molecule has 4 heterocycles. The van der Waals surface area contributed by atoms with Crippen LogP contribution >= 0.6 is 0 Å². The average Bonchev–Trinajstić information content (AvgIpc) is 3.55. The van der Waals surface area contributed by atoms with Crippen molar-refractivity contribution in [2.75, 3.05) is 13.2 Å². The third kappa shape index (κ3) is 11.0. The molecule has 0 bridgehead atoms. The van der Waals surface area contributed by atoms with Crippen molar-refractivity contribution in [1.82, 2.24) is 19.1 Å². The van der Waals surface area contributed by atoms with Gasteiger partial charge in [0.2, 0.25) is 0 Å². The van der Waals surface area contributed by atoms with Crippen LogP contribution in [0.3, 0.4) is 0 Å². The Morgan fingerprint density at radius 2 is 1.10 bits per heavy atom. The van der Waals surface area contributed by atoms with Crippen molar-refractivity contribution >= 4 is 5.97 Å². The molecule has 5 aromatic rings. The first-order valence-corrected chi connectivity index (χ1v) is 17.0. The molecule has 1 aromatic carbocycles. The van der Waals surface area contributed by atoms with E-state index >= 15 is 0 Å². The maximum atomic E-state index is 12.0. The molecule has 2 atom stereocenters. The molecule has 0 spiro atoms. The Bertz CT molecular complexity index is 1750. The van der Waals surface area contributed by atoms with Crippen LogP contribution in [-0.4, -0.2) is 43.4 Å². The number of hydrogen-bond donors (Lipinski definition) is 1. The summed E-state index contributed by atoms with van der Waals surface area (Å²) in [7, 11) is 0. The van der Waals surface area contributed by atoms with Crippen molar-refractivity contribution in [3.05, 3.63) is 130 Å². The normalized spacial score (nSPS) is 12.0. The predicted molar refractivity (Wildman–Crippen MR) is 201 cm³/mol. The summed E-state index contributed by atoms with van der Waals surface area (Å²) in [6.45, 7) is 17.6. The highest BCUT2D eigenvalue weighted by molar-refractivity contribution is 5.89. The number of aliphatic hydroxyl groups excluding tert-OH is 1. The van der Waals surface area contributed by atoms with Gasteiger partial charge in [0.1, 0.15) is 11.6 Å². The number of aryl methyl sites for hydroxylation is 6. The topological polar surface area (TPSA) is 82.2 Å². The van der Waals surface area contributed by atoms with Crippen molar-refractivity contribution in [2.24, 2.45) is 11.8 Å². The maximum absolute atomic E-state index is 12.0. The van der Waals surface area contributed by atoms with Gasteiger partial charge in [-0.2, -0.15) is 0 Å². The molecule has 0 amide bonds. The molecular formula is C42H56N4O3. The Morgan fingerprint density at radius 3 is 1.53 bits per heavy atom. The lowest BCUT2D eigenvalue weighted by molar-refractivity contribution is 0.0485. The quantitative estimate of drug-likeness (QED) is 0.135. The average molecular weight is 665 g/mol. The molecule has 0 saturated heterocycles. The molecule has 0 fully saturated rings. The van der Waals surface area contributed by atoms with E-state index in [0.717, 1.165) is 48.7 Å². The molecule has 1 N–H and O–H groups in total.